The van der Waals surface area contributed by atoms with Crippen LogP contribution >= 0.6 is 11.8 Å². The highest BCUT2D eigenvalue weighted by molar-refractivity contribution is 7.99. The molecule has 1 aliphatic carbocycles. The molecule has 2 fully saturated rings. The molecule has 1 saturated carbocycles. The number of carboxylic acid groups (broad SMARTS) is 1. The average Bonchev–Trinajstić information content (AvgIpc) is 3.15. The van der Waals surface area contributed by atoms with Gasteiger partial charge in [-0.3, -0.25) is 9.36 Å². The molecule has 1 saturated heterocycles. The van der Waals surface area contributed by atoms with Crippen LogP contribution in [0.4, 0.5) is 5.95 Å². The molecule has 0 amide bonds. The lowest BCUT2D eigenvalue weighted by Gasteiger charge is -2.29. The van der Waals surface area contributed by atoms with E-state index in [0.717, 1.165) is 37.0 Å². The number of aromatic nitrogens is 3. The molecule has 2 aliphatic rings. The molecule has 0 spiro atoms. The van der Waals surface area contributed by atoms with Gasteiger partial charge in [-0.05, 0) is 32.1 Å². The maximum Gasteiger partial charge on any atom is 0.313 e. The fraction of sp³-hybridized carbons (Fsp3) is 0.786. The van der Waals surface area contributed by atoms with Crippen molar-refractivity contribution in [1.82, 2.24) is 14.8 Å². The van der Waals surface area contributed by atoms with E-state index in [0.29, 0.717) is 6.04 Å². The van der Waals surface area contributed by atoms with Gasteiger partial charge in [0.25, 0.3) is 0 Å². The first kappa shape index (κ1) is 14.7. The lowest BCUT2D eigenvalue weighted by molar-refractivity contribution is -0.133. The maximum atomic E-state index is 10.8. The van der Waals surface area contributed by atoms with Crippen molar-refractivity contribution in [3.63, 3.8) is 0 Å². The summed E-state index contributed by atoms with van der Waals surface area (Å²) >= 11 is 1.29. The number of thioether (sulfide) groups is 1. The number of hydrogen-bond donors (Lipinski definition) is 1. The Morgan fingerprint density at radius 1 is 1.14 bits per heavy atom. The van der Waals surface area contributed by atoms with Crippen LogP contribution in [0.5, 0.6) is 0 Å². The molecular formula is C14H22N4O2S. The summed E-state index contributed by atoms with van der Waals surface area (Å²) < 4.78 is 2.21. The van der Waals surface area contributed by atoms with Crippen molar-refractivity contribution < 1.29 is 9.90 Å². The summed E-state index contributed by atoms with van der Waals surface area (Å²) in [6.07, 6.45) is 8.48. The lowest BCUT2D eigenvalue weighted by atomic mass is 10.1. The quantitative estimate of drug-likeness (QED) is 0.843. The van der Waals surface area contributed by atoms with Crippen LogP contribution in [-0.2, 0) is 4.79 Å². The summed E-state index contributed by atoms with van der Waals surface area (Å²) in [6, 6.07) is 0.438. The van der Waals surface area contributed by atoms with Crippen LogP contribution in [0, 0.1) is 0 Å². The minimum atomic E-state index is -0.805. The first-order valence-corrected chi connectivity index (χ1v) is 8.78. The summed E-state index contributed by atoms with van der Waals surface area (Å²) in [6.45, 7) is 2.07. The number of nitrogens with zero attached hydrogens (tertiary/aromatic N) is 4. The van der Waals surface area contributed by atoms with E-state index in [1.807, 2.05) is 0 Å². The van der Waals surface area contributed by atoms with E-state index in [-0.39, 0.29) is 5.75 Å². The minimum Gasteiger partial charge on any atom is -0.481 e. The van der Waals surface area contributed by atoms with E-state index >= 15 is 0 Å². The van der Waals surface area contributed by atoms with Gasteiger partial charge in [0.1, 0.15) is 0 Å². The van der Waals surface area contributed by atoms with Crippen molar-refractivity contribution >= 4 is 23.7 Å². The van der Waals surface area contributed by atoms with E-state index in [2.05, 4.69) is 19.7 Å². The van der Waals surface area contributed by atoms with E-state index in [4.69, 9.17) is 5.11 Å². The molecule has 1 aliphatic heterocycles. The van der Waals surface area contributed by atoms with Crippen LogP contribution in [0.25, 0.3) is 0 Å². The molecule has 1 N–H and O–H groups in total. The maximum absolute atomic E-state index is 10.8. The van der Waals surface area contributed by atoms with E-state index in [1.165, 1.54) is 43.9 Å². The Balaban J connectivity index is 1.85. The summed E-state index contributed by atoms with van der Waals surface area (Å²) in [5, 5.41) is 18.3. The molecule has 0 radical (unpaired) electrons. The fourth-order valence-electron chi connectivity index (χ4n) is 3.29. The van der Waals surface area contributed by atoms with Gasteiger partial charge in [-0.1, -0.05) is 24.6 Å². The lowest BCUT2D eigenvalue weighted by Crippen LogP contribution is -2.32. The molecule has 6 nitrogen and oxygen atoms in total. The third-order valence-corrected chi connectivity index (χ3v) is 5.23. The van der Waals surface area contributed by atoms with Gasteiger partial charge in [0.05, 0.1) is 5.75 Å². The van der Waals surface area contributed by atoms with Crippen LogP contribution < -0.4 is 4.90 Å². The number of rotatable bonds is 5. The summed E-state index contributed by atoms with van der Waals surface area (Å²) in [7, 11) is 0. The number of carboxylic acids is 1. The van der Waals surface area contributed by atoms with E-state index in [1.54, 1.807) is 0 Å². The molecule has 0 bridgehead atoms. The van der Waals surface area contributed by atoms with Crippen LogP contribution in [-0.4, -0.2) is 44.7 Å². The predicted molar refractivity (Wildman–Crippen MR) is 82.0 cm³/mol. The highest BCUT2D eigenvalue weighted by Crippen LogP contribution is 2.36. The number of hydrogen-bond acceptors (Lipinski definition) is 5. The third-order valence-electron chi connectivity index (χ3n) is 4.30. The van der Waals surface area contributed by atoms with Crippen molar-refractivity contribution in [2.24, 2.45) is 0 Å². The Morgan fingerprint density at radius 3 is 2.52 bits per heavy atom. The Bertz CT molecular complexity index is 493. The van der Waals surface area contributed by atoms with Gasteiger partial charge in [0, 0.05) is 19.1 Å². The van der Waals surface area contributed by atoms with Gasteiger partial charge in [-0.15, -0.1) is 10.2 Å². The Morgan fingerprint density at radius 2 is 1.86 bits per heavy atom. The van der Waals surface area contributed by atoms with Gasteiger partial charge in [-0.25, -0.2) is 0 Å². The number of aliphatic carboxylic acids is 1. The highest BCUT2D eigenvalue weighted by atomic mass is 32.2. The van der Waals surface area contributed by atoms with Crippen molar-refractivity contribution in [1.29, 1.82) is 0 Å². The fourth-order valence-corrected chi connectivity index (χ4v) is 4.01. The molecular weight excluding hydrogens is 288 g/mol. The first-order chi connectivity index (χ1) is 10.3. The second-order valence-corrected chi connectivity index (χ2v) is 6.76. The van der Waals surface area contributed by atoms with E-state index in [9.17, 15) is 4.79 Å². The topological polar surface area (TPSA) is 71.2 Å². The molecule has 0 aromatic carbocycles. The summed E-state index contributed by atoms with van der Waals surface area (Å²) in [4.78, 5) is 13.1. The monoisotopic (exact) mass is 310 g/mol. The van der Waals surface area contributed by atoms with Crippen LogP contribution in [0.2, 0.25) is 0 Å². The standard InChI is InChI=1S/C14H22N4O2S/c19-12(20)10-21-14-16-15-13(17-8-4-1-5-9-17)18(14)11-6-2-3-7-11/h11H,1-10H2,(H,19,20). The molecule has 7 heteroatoms. The van der Waals surface area contributed by atoms with Gasteiger partial charge in [0.2, 0.25) is 5.95 Å². The number of anilines is 1. The number of carbonyl (C=O) groups is 1. The van der Waals surface area contributed by atoms with Crippen LogP contribution in [0.1, 0.15) is 51.0 Å². The van der Waals surface area contributed by atoms with Gasteiger partial charge < -0.3 is 10.0 Å². The Labute approximate surface area is 128 Å². The van der Waals surface area contributed by atoms with E-state index < -0.39 is 5.97 Å². The van der Waals surface area contributed by atoms with Crippen molar-refractivity contribution in [2.75, 3.05) is 23.7 Å². The second kappa shape index (κ2) is 6.68. The van der Waals surface area contributed by atoms with Crippen LogP contribution in [0.15, 0.2) is 5.16 Å². The SMILES string of the molecule is O=C(O)CSc1nnc(N2CCCCC2)n1C1CCCC1. The molecule has 21 heavy (non-hydrogen) atoms. The van der Waals surface area contributed by atoms with Crippen molar-refractivity contribution in [3.8, 4) is 0 Å². The second-order valence-electron chi connectivity index (χ2n) is 5.82. The summed E-state index contributed by atoms with van der Waals surface area (Å²) in [5.74, 6) is 0.195. The minimum absolute atomic E-state index is 0.0465. The molecule has 0 unspecified atom stereocenters. The molecule has 2 heterocycles. The predicted octanol–water partition coefficient (Wildman–Crippen LogP) is 2.56. The summed E-state index contributed by atoms with van der Waals surface area (Å²) in [5.41, 5.74) is 0. The smallest absolute Gasteiger partial charge is 0.313 e. The normalized spacial score (nSPS) is 20.1. The zero-order chi connectivity index (χ0) is 14.7. The van der Waals surface area contributed by atoms with Gasteiger partial charge in [-0.2, -0.15) is 0 Å². The third kappa shape index (κ3) is 3.33. The zero-order valence-corrected chi connectivity index (χ0v) is 13.0. The average molecular weight is 310 g/mol. The van der Waals surface area contributed by atoms with Gasteiger partial charge >= 0.3 is 5.97 Å². The molecule has 116 valence electrons. The molecule has 0 atom stereocenters. The largest absolute Gasteiger partial charge is 0.481 e. The first-order valence-electron chi connectivity index (χ1n) is 7.80. The Kier molecular flexibility index (Phi) is 4.67. The zero-order valence-electron chi connectivity index (χ0n) is 12.2. The molecule has 1 aromatic heterocycles. The highest BCUT2D eigenvalue weighted by Gasteiger charge is 2.27. The Hall–Kier alpha value is -1.24. The van der Waals surface area contributed by atoms with Crippen molar-refractivity contribution in [2.45, 2.75) is 56.1 Å². The molecule has 1 aromatic rings. The number of piperidine rings is 1. The van der Waals surface area contributed by atoms with Crippen LogP contribution in [0.3, 0.4) is 0 Å². The molecule has 3 rings (SSSR count). The van der Waals surface area contributed by atoms with Crippen molar-refractivity contribution in [3.05, 3.63) is 0 Å². The van der Waals surface area contributed by atoms with Gasteiger partial charge in [0.15, 0.2) is 5.16 Å².